The fraction of sp³-hybridized carbons (Fsp3) is 0.353. The van der Waals surface area contributed by atoms with Crippen molar-refractivity contribution in [2.75, 3.05) is 17.2 Å². The topological polar surface area (TPSA) is 159 Å². The number of fused-ring (bicyclic) bond motifs is 2. The Kier molecular flexibility index (Phi) is 11.2. The molecule has 1 aliphatic heterocycles. The molecule has 0 atom stereocenters. The minimum absolute atomic E-state index is 0.101. The van der Waals surface area contributed by atoms with Crippen LogP contribution in [0.2, 0.25) is 0 Å². The van der Waals surface area contributed by atoms with E-state index in [4.69, 9.17) is 5.11 Å². The van der Waals surface area contributed by atoms with Crippen LogP contribution in [-0.4, -0.2) is 49.3 Å². The van der Waals surface area contributed by atoms with Gasteiger partial charge >= 0.3 is 5.97 Å². The van der Waals surface area contributed by atoms with Gasteiger partial charge in [0.15, 0.2) is 0 Å². The number of pyridine rings is 1. The minimum atomic E-state index is -4.63. The number of aromatic nitrogens is 1. The number of hydrogen-bond acceptors (Lipinski definition) is 8. The second kappa shape index (κ2) is 14.7. The predicted molar refractivity (Wildman–Crippen MR) is 175 cm³/mol. The third kappa shape index (κ3) is 8.91. The highest BCUT2D eigenvalue weighted by atomic mass is 32.2. The Morgan fingerprint density at radius 1 is 0.913 bits per heavy atom. The van der Waals surface area contributed by atoms with Crippen LogP contribution in [0.1, 0.15) is 63.6 Å². The fourth-order valence-corrected chi connectivity index (χ4v) is 6.92. The molecule has 1 aliphatic rings. The highest BCUT2D eigenvalue weighted by Crippen LogP contribution is 2.48. The largest absolute Gasteiger partial charge is 0.748 e. The van der Waals surface area contributed by atoms with Gasteiger partial charge < -0.3 is 19.1 Å². The smallest absolute Gasteiger partial charge is 0.303 e. The van der Waals surface area contributed by atoms with Gasteiger partial charge in [-0.2, -0.15) is 4.57 Å². The molecule has 0 saturated heterocycles. The van der Waals surface area contributed by atoms with Crippen molar-refractivity contribution in [3.05, 3.63) is 95.9 Å². The first-order valence-corrected chi connectivity index (χ1v) is 18.2. The van der Waals surface area contributed by atoms with Crippen LogP contribution in [-0.2, 0) is 37.0 Å². The van der Waals surface area contributed by atoms with Crippen molar-refractivity contribution < 1.29 is 40.4 Å². The standard InChI is InChI=1S/C34H40N2O8S2/c1-34(2)29-25-28(46(42,43)44)20-21-31(29)36(23-10-4-7-17-33(37)38)32(34)16-6-3-5-14-27-19-18-26-13-8-9-15-30(26)35(27)22-11-12-24-45(39,40)41/h3,5-6,8-9,13-16,18-21,25H,4,7,10-12,17,22-24H2,1-2H3,(H2-,37,38,39,40,41,42,43,44)/p-1. The van der Waals surface area contributed by atoms with Crippen LogP contribution in [0.5, 0.6) is 0 Å². The molecule has 0 amide bonds. The summed E-state index contributed by atoms with van der Waals surface area (Å²) < 4.78 is 70.6. The Balaban J connectivity index is 1.59. The number of unbranched alkanes of at least 4 members (excludes halogenated alkanes) is 3. The average Bonchev–Trinajstić information content (AvgIpc) is 3.19. The Hall–Kier alpha value is -3.84. The molecule has 246 valence electrons. The third-order valence-corrected chi connectivity index (χ3v) is 9.79. The maximum Gasteiger partial charge on any atom is 0.303 e. The summed E-state index contributed by atoms with van der Waals surface area (Å²) in [6.07, 6.45) is 12.5. The number of para-hydroxylation sites is 1. The molecule has 0 saturated carbocycles. The van der Waals surface area contributed by atoms with Gasteiger partial charge in [0.05, 0.1) is 15.0 Å². The molecule has 0 radical (unpaired) electrons. The first-order chi connectivity index (χ1) is 21.7. The van der Waals surface area contributed by atoms with Gasteiger partial charge in [-0.15, -0.1) is 0 Å². The van der Waals surface area contributed by atoms with E-state index < -0.39 is 37.4 Å². The number of allylic oxidation sites excluding steroid dienone is 5. The Bertz CT molecular complexity index is 1900. The number of aryl methyl sites for hydroxylation is 1. The van der Waals surface area contributed by atoms with Gasteiger partial charge in [0.25, 0.3) is 0 Å². The Morgan fingerprint density at radius 2 is 1.67 bits per heavy atom. The van der Waals surface area contributed by atoms with Gasteiger partial charge in [-0.3, -0.25) is 4.79 Å². The molecule has 4 rings (SSSR count). The summed E-state index contributed by atoms with van der Waals surface area (Å²) in [6.45, 7) is 5.09. The summed E-state index contributed by atoms with van der Waals surface area (Å²) >= 11 is 0. The quantitative estimate of drug-likeness (QED) is 0.0988. The molecule has 12 heteroatoms. The van der Waals surface area contributed by atoms with E-state index in [-0.39, 0.29) is 17.7 Å². The molecule has 1 aromatic heterocycles. The molecular formula is C34H39N2O8S2-. The van der Waals surface area contributed by atoms with Gasteiger partial charge in [-0.1, -0.05) is 50.6 Å². The normalized spacial score (nSPS) is 15.8. The molecular weight excluding hydrogens is 629 g/mol. The zero-order chi connectivity index (χ0) is 33.5. The number of carboxylic acids is 1. The molecule has 2 heterocycles. The van der Waals surface area contributed by atoms with E-state index in [9.17, 15) is 30.7 Å². The van der Waals surface area contributed by atoms with E-state index in [1.807, 2.05) is 80.6 Å². The van der Waals surface area contributed by atoms with E-state index in [0.29, 0.717) is 25.9 Å². The van der Waals surface area contributed by atoms with Gasteiger partial charge in [0.1, 0.15) is 16.7 Å². The number of hydrogen-bond donors (Lipinski definition) is 1. The second-order valence-corrected chi connectivity index (χ2v) is 14.8. The van der Waals surface area contributed by atoms with E-state index in [1.165, 1.54) is 12.1 Å². The number of carboxylic acid groups (broad SMARTS) is 1. The zero-order valence-corrected chi connectivity index (χ0v) is 27.6. The molecule has 0 fully saturated rings. The third-order valence-electron chi connectivity index (χ3n) is 8.17. The molecule has 1 N–H and O–H groups in total. The van der Waals surface area contributed by atoms with Crippen LogP contribution >= 0.6 is 0 Å². The van der Waals surface area contributed by atoms with Crippen LogP contribution in [0.3, 0.4) is 0 Å². The average molecular weight is 668 g/mol. The highest BCUT2D eigenvalue weighted by Gasteiger charge is 2.40. The zero-order valence-electron chi connectivity index (χ0n) is 26.0. The van der Waals surface area contributed by atoms with Crippen molar-refractivity contribution in [1.82, 2.24) is 0 Å². The minimum Gasteiger partial charge on any atom is -0.748 e. The summed E-state index contributed by atoms with van der Waals surface area (Å²) in [5, 5.41) is 10.0. The van der Waals surface area contributed by atoms with Crippen LogP contribution < -0.4 is 9.47 Å². The van der Waals surface area contributed by atoms with Crippen molar-refractivity contribution >= 4 is 48.9 Å². The lowest BCUT2D eigenvalue weighted by atomic mass is 9.83. The van der Waals surface area contributed by atoms with E-state index in [0.717, 1.165) is 46.4 Å². The summed E-state index contributed by atoms with van der Waals surface area (Å²) in [5.74, 6) is -1.23. The van der Waals surface area contributed by atoms with Crippen molar-refractivity contribution in [3.63, 3.8) is 0 Å². The lowest BCUT2D eigenvalue weighted by Crippen LogP contribution is -2.38. The van der Waals surface area contributed by atoms with E-state index in [2.05, 4.69) is 9.47 Å². The van der Waals surface area contributed by atoms with Crippen LogP contribution in [0.15, 0.2) is 89.5 Å². The molecule has 2 aromatic carbocycles. The first-order valence-electron chi connectivity index (χ1n) is 15.2. The van der Waals surface area contributed by atoms with Crippen LogP contribution in [0.25, 0.3) is 17.0 Å². The lowest BCUT2D eigenvalue weighted by molar-refractivity contribution is -0.673. The molecule has 0 unspecified atom stereocenters. The number of carbonyl (C=O) groups is 1. The number of nitrogens with zero attached hydrogens (tertiary/aromatic N) is 2. The maximum absolute atomic E-state index is 11.8. The monoisotopic (exact) mass is 667 g/mol. The maximum atomic E-state index is 11.8. The molecule has 3 aromatic rings. The van der Waals surface area contributed by atoms with Gasteiger partial charge in [0, 0.05) is 65.5 Å². The summed E-state index contributed by atoms with van der Waals surface area (Å²) in [7, 11) is -8.90. The Labute approximate surface area is 270 Å². The summed E-state index contributed by atoms with van der Waals surface area (Å²) in [6, 6.07) is 16.3. The van der Waals surface area contributed by atoms with Crippen molar-refractivity contribution in [2.24, 2.45) is 0 Å². The highest BCUT2D eigenvalue weighted by molar-refractivity contribution is 7.86. The molecule has 10 nitrogen and oxygen atoms in total. The molecule has 46 heavy (non-hydrogen) atoms. The SMILES string of the molecule is CC1(C)C(=CC=CC=Cc2ccc3ccccc3[n+]2CCCCS(=O)(=O)[O-])N(CCCCCC(=O)O)c2ccc(S(=O)(=O)[O-])cc21. The second-order valence-electron chi connectivity index (χ2n) is 11.8. The van der Waals surface area contributed by atoms with Gasteiger partial charge in [0.2, 0.25) is 11.2 Å². The van der Waals surface area contributed by atoms with Gasteiger partial charge in [-0.25, -0.2) is 16.8 Å². The van der Waals surface area contributed by atoms with Crippen molar-refractivity contribution in [2.45, 2.75) is 69.2 Å². The lowest BCUT2D eigenvalue weighted by Gasteiger charge is -2.27. The molecule has 0 bridgehead atoms. The predicted octanol–water partition coefficient (Wildman–Crippen LogP) is 5.25. The summed E-state index contributed by atoms with van der Waals surface area (Å²) in [4.78, 5) is 12.7. The summed E-state index contributed by atoms with van der Waals surface area (Å²) in [5.41, 5.74) is 3.75. The number of rotatable bonds is 15. The van der Waals surface area contributed by atoms with Crippen LogP contribution in [0.4, 0.5) is 5.69 Å². The number of anilines is 1. The number of aliphatic carboxylic acids is 1. The number of benzene rings is 2. The Morgan fingerprint density at radius 3 is 2.39 bits per heavy atom. The molecule has 0 aliphatic carbocycles. The van der Waals surface area contributed by atoms with E-state index >= 15 is 0 Å². The van der Waals surface area contributed by atoms with Crippen molar-refractivity contribution in [1.29, 1.82) is 0 Å². The van der Waals surface area contributed by atoms with Gasteiger partial charge in [-0.05, 0) is 61.2 Å². The fourth-order valence-electron chi connectivity index (χ4n) is 5.86. The van der Waals surface area contributed by atoms with Crippen LogP contribution in [0, 0.1) is 0 Å². The van der Waals surface area contributed by atoms with E-state index in [1.54, 1.807) is 6.07 Å². The van der Waals surface area contributed by atoms with Crippen molar-refractivity contribution in [3.8, 4) is 0 Å². The molecule has 0 spiro atoms. The first kappa shape index (κ1) is 35.0.